The molecule has 0 saturated carbocycles. The molecule has 1 N–H and O–H groups in total. The van der Waals surface area contributed by atoms with E-state index >= 15 is 0 Å². The zero-order valence-electron chi connectivity index (χ0n) is 10.4. The second-order valence-electron chi connectivity index (χ2n) is 4.61. The Morgan fingerprint density at radius 1 is 1.33 bits per heavy atom. The molecule has 0 aliphatic carbocycles. The van der Waals surface area contributed by atoms with E-state index in [0.29, 0.717) is 28.2 Å². The lowest BCUT2D eigenvalue weighted by Crippen LogP contribution is -2.57. The average molecular weight is 287 g/mol. The maximum atomic E-state index is 12.4. The van der Waals surface area contributed by atoms with Crippen molar-refractivity contribution in [3.8, 4) is 0 Å². The van der Waals surface area contributed by atoms with Crippen LogP contribution in [0.5, 0.6) is 0 Å². The van der Waals surface area contributed by atoms with Crippen LogP contribution in [0.15, 0.2) is 18.2 Å². The summed E-state index contributed by atoms with van der Waals surface area (Å²) in [5.74, 6) is 0.00872. The first-order chi connectivity index (χ1) is 8.50. The van der Waals surface area contributed by atoms with Crippen LogP contribution in [0.1, 0.15) is 24.2 Å². The van der Waals surface area contributed by atoms with Gasteiger partial charge in [-0.25, -0.2) is 0 Å². The predicted octanol–water partition coefficient (Wildman–Crippen LogP) is 2.82. The molecule has 2 rings (SSSR count). The molecule has 1 aliphatic rings. The van der Waals surface area contributed by atoms with Crippen molar-refractivity contribution in [2.45, 2.75) is 25.9 Å². The van der Waals surface area contributed by atoms with Crippen LogP contribution in [0.4, 0.5) is 0 Å². The molecule has 18 heavy (non-hydrogen) atoms. The van der Waals surface area contributed by atoms with Gasteiger partial charge in [-0.05, 0) is 32.0 Å². The lowest BCUT2D eigenvalue weighted by molar-refractivity contribution is 0.0603. The summed E-state index contributed by atoms with van der Waals surface area (Å²) in [4.78, 5) is 14.3. The number of rotatable bonds is 1. The van der Waals surface area contributed by atoms with Crippen LogP contribution in [0, 0.1) is 0 Å². The molecular formula is C13H16Cl2N2O. The second kappa shape index (κ2) is 5.47. The monoisotopic (exact) mass is 286 g/mol. The van der Waals surface area contributed by atoms with Crippen molar-refractivity contribution in [2.24, 2.45) is 0 Å². The molecule has 0 radical (unpaired) electrons. The van der Waals surface area contributed by atoms with E-state index in [-0.39, 0.29) is 11.9 Å². The molecular weight excluding hydrogens is 271 g/mol. The highest BCUT2D eigenvalue weighted by molar-refractivity contribution is 6.42. The quantitative estimate of drug-likeness (QED) is 0.861. The molecule has 98 valence electrons. The van der Waals surface area contributed by atoms with Crippen molar-refractivity contribution < 1.29 is 4.79 Å². The molecule has 1 amide bonds. The fourth-order valence-electron chi connectivity index (χ4n) is 2.14. The van der Waals surface area contributed by atoms with Crippen LogP contribution < -0.4 is 5.32 Å². The number of benzene rings is 1. The number of carbonyl (C=O) groups is 1. The zero-order valence-corrected chi connectivity index (χ0v) is 11.9. The molecule has 0 spiro atoms. The standard InChI is InChI=1S/C13H16Cl2N2O/c1-8-9(2)17(6-5-16-8)13(18)10-3-4-11(14)12(15)7-10/h3-4,7-9,16H,5-6H2,1-2H3. The van der Waals surface area contributed by atoms with E-state index in [9.17, 15) is 4.79 Å². The van der Waals surface area contributed by atoms with Crippen LogP contribution in [0.25, 0.3) is 0 Å². The minimum absolute atomic E-state index is 0.00872. The SMILES string of the molecule is CC1NCCN(C(=O)c2ccc(Cl)c(Cl)c2)C1C. The van der Waals surface area contributed by atoms with Gasteiger partial charge in [-0.3, -0.25) is 4.79 Å². The van der Waals surface area contributed by atoms with Gasteiger partial charge < -0.3 is 10.2 Å². The number of carbonyl (C=O) groups excluding carboxylic acids is 1. The van der Waals surface area contributed by atoms with E-state index in [1.165, 1.54) is 0 Å². The zero-order chi connectivity index (χ0) is 13.3. The summed E-state index contributed by atoms with van der Waals surface area (Å²) in [6.07, 6.45) is 0. The van der Waals surface area contributed by atoms with Crippen molar-refractivity contribution in [3.63, 3.8) is 0 Å². The van der Waals surface area contributed by atoms with Crippen molar-refractivity contribution in [1.29, 1.82) is 0 Å². The number of nitrogens with one attached hydrogen (secondary N) is 1. The Hall–Kier alpha value is -0.770. The van der Waals surface area contributed by atoms with Gasteiger partial charge >= 0.3 is 0 Å². The third-order valence-electron chi connectivity index (χ3n) is 3.46. The summed E-state index contributed by atoms with van der Waals surface area (Å²) in [7, 11) is 0. The first kappa shape index (κ1) is 13.7. The highest BCUT2D eigenvalue weighted by atomic mass is 35.5. The summed E-state index contributed by atoms with van der Waals surface area (Å²) in [6, 6.07) is 5.47. The van der Waals surface area contributed by atoms with Crippen molar-refractivity contribution >= 4 is 29.1 Å². The summed E-state index contributed by atoms with van der Waals surface area (Å²) in [5, 5.41) is 4.23. The van der Waals surface area contributed by atoms with Crippen LogP contribution >= 0.6 is 23.2 Å². The number of hydrogen-bond acceptors (Lipinski definition) is 2. The molecule has 1 aliphatic heterocycles. The third-order valence-corrected chi connectivity index (χ3v) is 4.20. The highest BCUT2D eigenvalue weighted by Crippen LogP contribution is 2.24. The molecule has 1 aromatic rings. The van der Waals surface area contributed by atoms with Gasteiger partial charge in [0.1, 0.15) is 0 Å². The topological polar surface area (TPSA) is 32.3 Å². The molecule has 3 nitrogen and oxygen atoms in total. The van der Waals surface area contributed by atoms with Crippen molar-refractivity contribution in [3.05, 3.63) is 33.8 Å². The maximum Gasteiger partial charge on any atom is 0.254 e. The predicted molar refractivity (Wildman–Crippen MR) is 74.4 cm³/mol. The first-order valence-electron chi connectivity index (χ1n) is 6.00. The van der Waals surface area contributed by atoms with Crippen LogP contribution in [0.3, 0.4) is 0 Å². The summed E-state index contributed by atoms with van der Waals surface area (Å²) in [5.41, 5.74) is 0.588. The van der Waals surface area contributed by atoms with Gasteiger partial charge in [-0.15, -0.1) is 0 Å². The summed E-state index contributed by atoms with van der Waals surface area (Å²) < 4.78 is 0. The van der Waals surface area contributed by atoms with Gasteiger partial charge in [0.05, 0.1) is 10.0 Å². The van der Waals surface area contributed by atoms with Crippen LogP contribution in [0.2, 0.25) is 10.0 Å². The molecule has 2 atom stereocenters. The fraction of sp³-hybridized carbons (Fsp3) is 0.462. The Morgan fingerprint density at radius 2 is 2.06 bits per heavy atom. The van der Waals surface area contributed by atoms with Crippen molar-refractivity contribution in [2.75, 3.05) is 13.1 Å². The van der Waals surface area contributed by atoms with Gasteiger partial charge in [0, 0.05) is 30.7 Å². The van der Waals surface area contributed by atoms with Gasteiger partial charge in [0.25, 0.3) is 5.91 Å². The van der Waals surface area contributed by atoms with Gasteiger partial charge in [0.2, 0.25) is 0 Å². The molecule has 1 heterocycles. The van der Waals surface area contributed by atoms with E-state index in [1.54, 1.807) is 18.2 Å². The Kier molecular flexibility index (Phi) is 4.15. The Morgan fingerprint density at radius 3 is 2.72 bits per heavy atom. The lowest BCUT2D eigenvalue weighted by atomic mass is 10.1. The Labute approximate surface area is 117 Å². The minimum atomic E-state index is 0.00872. The molecule has 5 heteroatoms. The molecule has 1 saturated heterocycles. The normalized spacial score (nSPS) is 24.1. The van der Waals surface area contributed by atoms with Gasteiger partial charge in [-0.1, -0.05) is 23.2 Å². The minimum Gasteiger partial charge on any atom is -0.333 e. The van der Waals surface area contributed by atoms with E-state index in [1.807, 2.05) is 11.8 Å². The number of nitrogens with zero attached hydrogens (tertiary/aromatic N) is 1. The molecule has 0 bridgehead atoms. The summed E-state index contributed by atoms with van der Waals surface area (Å²) in [6.45, 7) is 5.66. The van der Waals surface area contributed by atoms with E-state index in [2.05, 4.69) is 12.2 Å². The van der Waals surface area contributed by atoms with E-state index < -0.39 is 0 Å². The fourth-order valence-corrected chi connectivity index (χ4v) is 2.44. The third kappa shape index (κ3) is 2.63. The van der Waals surface area contributed by atoms with E-state index in [4.69, 9.17) is 23.2 Å². The second-order valence-corrected chi connectivity index (χ2v) is 5.43. The summed E-state index contributed by atoms with van der Waals surface area (Å²) >= 11 is 11.8. The highest BCUT2D eigenvalue weighted by Gasteiger charge is 2.28. The van der Waals surface area contributed by atoms with Crippen molar-refractivity contribution in [1.82, 2.24) is 10.2 Å². The number of hydrogen-bond donors (Lipinski definition) is 1. The number of piperazine rings is 1. The largest absolute Gasteiger partial charge is 0.333 e. The lowest BCUT2D eigenvalue weighted by Gasteiger charge is -2.38. The van der Waals surface area contributed by atoms with Crippen LogP contribution in [-0.2, 0) is 0 Å². The first-order valence-corrected chi connectivity index (χ1v) is 6.75. The molecule has 1 fully saturated rings. The number of halogens is 2. The smallest absolute Gasteiger partial charge is 0.254 e. The van der Waals surface area contributed by atoms with Gasteiger partial charge in [-0.2, -0.15) is 0 Å². The Balaban J connectivity index is 2.22. The Bertz CT molecular complexity index is 464. The molecule has 1 aromatic carbocycles. The van der Waals surface area contributed by atoms with E-state index in [0.717, 1.165) is 6.54 Å². The van der Waals surface area contributed by atoms with Crippen LogP contribution in [-0.4, -0.2) is 36.0 Å². The molecule has 2 unspecified atom stereocenters. The van der Waals surface area contributed by atoms with Gasteiger partial charge in [0.15, 0.2) is 0 Å². The number of amides is 1. The maximum absolute atomic E-state index is 12.4. The molecule has 0 aromatic heterocycles. The average Bonchev–Trinajstić information content (AvgIpc) is 2.35.